The van der Waals surface area contributed by atoms with Gasteiger partial charge in [-0.25, -0.2) is 0 Å². The molecule has 0 amide bonds. The molecule has 1 unspecified atom stereocenters. The Kier molecular flexibility index (Phi) is 14.3. The van der Waals surface area contributed by atoms with E-state index in [1.54, 1.807) is 7.11 Å². The van der Waals surface area contributed by atoms with Crippen LogP contribution in [0.5, 0.6) is 0 Å². The number of ether oxygens (including phenoxy) is 4. The first-order chi connectivity index (χ1) is 14.0. The summed E-state index contributed by atoms with van der Waals surface area (Å²) in [5.41, 5.74) is 1.75. The molecule has 164 valence electrons. The van der Waals surface area contributed by atoms with Gasteiger partial charge in [0.25, 0.3) is 0 Å². The number of hydrogen-bond donors (Lipinski definition) is 4. The smallest absolute Gasteiger partial charge is 0.170 e. The molecule has 0 aliphatic heterocycles. The van der Waals surface area contributed by atoms with Gasteiger partial charge in [0, 0.05) is 31.6 Å². The zero-order valence-electron chi connectivity index (χ0n) is 17.3. The van der Waals surface area contributed by atoms with Gasteiger partial charge in [0.15, 0.2) is 10.2 Å². The Balaban J connectivity index is 2.18. The summed E-state index contributed by atoms with van der Waals surface area (Å²) in [6, 6.07) is 7.65. The summed E-state index contributed by atoms with van der Waals surface area (Å²) >= 11 is 10.5. The van der Waals surface area contributed by atoms with E-state index >= 15 is 0 Å². The Morgan fingerprint density at radius 1 is 0.897 bits per heavy atom. The van der Waals surface area contributed by atoms with E-state index in [9.17, 15) is 0 Å². The first-order valence-corrected chi connectivity index (χ1v) is 10.3. The van der Waals surface area contributed by atoms with Crippen molar-refractivity contribution in [2.24, 2.45) is 0 Å². The zero-order chi connectivity index (χ0) is 21.3. The second-order valence-electron chi connectivity index (χ2n) is 6.07. The Morgan fingerprint density at radius 3 is 1.83 bits per heavy atom. The minimum absolute atomic E-state index is 0.211. The predicted molar refractivity (Wildman–Crippen MR) is 124 cm³/mol. The maximum Gasteiger partial charge on any atom is 0.170 e. The van der Waals surface area contributed by atoms with Crippen molar-refractivity contribution >= 4 is 46.0 Å². The summed E-state index contributed by atoms with van der Waals surface area (Å²) in [6.45, 7) is 6.89. The van der Waals surface area contributed by atoms with Crippen molar-refractivity contribution in [3.05, 3.63) is 24.3 Å². The molecule has 0 aliphatic rings. The second kappa shape index (κ2) is 16.3. The van der Waals surface area contributed by atoms with E-state index in [4.69, 9.17) is 43.4 Å². The SMILES string of the molecule is CCC(C)OCOCCNC(=S)Nc1ccc(NC(=S)NCCOCOC)cc1. The third-order valence-corrected chi connectivity index (χ3v) is 4.17. The van der Waals surface area contributed by atoms with E-state index in [2.05, 4.69) is 28.2 Å². The van der Waals surface area contributed by atoms with Crippen LogP contribution in [0.1, 0.15) is 20.3 Å². The van der Waals surface area contributed by atoms with Crippen molar-refractivity contribution in [1.82, 2.24) is 10.6 Å². The van der Waals surface area contributed by atoms with Gasteiger partial charge in [0.2, 0.25) is 0 Å². The van der Waals surface area contributed by atoms with Crippen molar-refractivity contribution in [3.8, 4) is 0 Å². The van der Waals surface area contributed by atoms with Crippen LogP contribution in [0.4, 0.5) is 11.4 Å². The van der Waals surface area contributed by atoms with Crippen molar-refractivity contribution in [2.45, 2.75) is 26.4 Å². The minimum atomic E-state index is 0.211. The standard InChI is InChI=1S/C19H32N4O4S2/c1-4-15(2)27-14-26-12-10-21-19(29)23-17-7-5-16(6-8-17)22-18(28)20-9-11-25-13-24-3/h5-8,15H,4,9-14H2,1-3H3,(H2,20,22,28)(H2,21,23,29). The van der Waals surface area contributed by atoms with Gasteiger partial charge < -0.3 is 40.2 Å². The fourth-order valence-corrected chi connectivity index (χ4v) is 2.38. The highest BCUT2D eigenvalue weighted by molar-refractivity contribution is 7.80. The lowest BCUT2D eigenvalue weighted by molar-refractivity contribution is -0.0828. The third-order valence-electron chi connectivity index (χ3n) is 3.68. The molecule has 1 rings (SSSR count). The Hall–Kier alpha value is -1.56. The van der Waals surface area contributed by atoms with Crippen molar-refractivity contribution in [3.63, 3.8) is 0 Å². The van der Waals surface area contributed by atoms with Crippen molar-refractivity contribution in [2.75, 3.05) is 57.6 Å². The van der Waals surface area contributed by atoms with Crippen LogP contribution in [0, 0.1) is 0 Å². The third kappa shape index (κ3) is 13.3. The lowest BCUT2D eigenvalue weighted by Crippen LogP contribution is -2.32. The number of nitrogens with one attached hydrogen (secondary N) is 4. The molecule has 0 spiro atoms. The van der Waals surface area contributed by atoms with Crippen LogP contribution in [0.15, 0.2) is 24.3 Å². The highest BCUT2D eigenvalue weighted by atomic mass is 32.1. The quantitative estimate of drug-likeness (QED) is 0.195. The number of benzene rings is 1. The fourth-order valence-electron chi connectivity index (χ4n) is 1.94. The summed E-state index contributed by atoms with van der Waals surface area (Å²) in [7, 11) is 1.58. The molecule has 1 aromatic rings. The second-order valence-corrected chi connectivity index (χ2v) is 6.88. The van der Waals surface area contributed by atoms with Gasteiger partial charge in [-0.1, -0.05) is 6.92 Å². The first-order valence-electron chi connectivity index (χ1n) is 9.51. The summed E-state index contributed by atoms with van der Waals surface area (Å²) in [4.78, 5) is 0. The van der Waals surface area contributed by atoms with Crippen LogP contribution in [0.2, 0.25) is 0 Å². The highest BCUT2D eigenvalue weighted by Gasteiger charge is 2.01. The van der Waals surface area contributed by atoms with Gasteiger partial charge in [-0.3, -0.25) is 0 Å². The van der Waals surface area contributed by atoms with Gasteiger partial charge >= 0.3 is 0 Å². The number of hydrogen-bond acceptors (Lipinski definition) is 6. The molecule has 0 aromatic heterocycles. The predicted octanol–water partition coefficient (Wildman–Crippen LogP) is 2.67. The van der Waals surface area contributed by atoms with Gasteiger partial charge in [-0.15, -0.1) is 0 Å². The van der Waals surface area contributed by atoms with Crippen molar-refractivity contribution < 1.29 is 18.9 Å². The maximum absolute atomic E-state index is 5.44. The number of methoxy groups -OCH3 is 1. The molecule has 1 aromatic carbocycles. The van der Waals surface area contributed by atoms with E-state index in [0.717, 1.165) is 17.8 Å². The Morgan fingerprint density at radius 2 is 1.38 bits per heavy atom. The number of thiocarbonyl (C=S) groups is 2. The maximum atomic E-state index is 5.44. The van der Waals surface area contributed by atoms with Gasteiger partial charge in [0.05, 0.1) is 19.3 Å². The van der Waals surface area contributed by atoms with Crippen LogP contribution in [-0.4, -0.2) is 63.3 Å². The molecule has 0 radical (unpaired) electrons. The molecule has 0 aliphatic carbocycles. The molecule has 29 heavy (non-hydrogen) atoms. The Labute approximate surface area is 184 Å². The molecule has 0 heterocycles. The molecule has 1 atom stereocenters. The highest BCUT2D eigenvalue weighted by Crippen LogP contribution is 2.13. The molecule has 8 nitrogen and oxygen atoms in total. The normalized spacial score (nSPS) is 11.6. The molecule has 0 fully saturated rings. The van der Waals surface area contributed by atoms with E-state index < -0.39 is 0 Å². The molecular weight excluding hydrogens is 412 g/mol. The van der Waals surface area contributed by atoms with Crippen LogP contribution < -0.4 is 21.3 Å². The topological polar surface area (TPSA) is 85.0 Å². The molecular formula is C19H32N4O4S2. The first kappa shape index (κ1) is 25.5. The summed E-state index contributed by atoms with van der Waals surface area (Å²) < 4.78 is 20.8. The molecule has 0 saturated carbocycles. The van der Waals surface area contributed by atoms with Crippen LogP contribution in [0.3, 0.4) is 0 Å². The van der Waals surface area contributed by atoms with Gasteiger partial charge in [-0.05, 0) is 62.0 Å². The average molecular weight is 445 g/mol. The monoisotopic (exact) mass is 444 g/mol. The Bertz CT molecular complexity index is 590. The summed E-state index contributed by atoms with van der Waals surface area (Å²) in [6.07, 6.45) is 1.18. The van der Waals surface area contributed by atoms with E-state index in [1.165, 1.54) is 0 Å². The van der Waals surface area contributed by atoms with E-state index in [1.807, 2.05) is 31.2 Å². The summed E-state index contributed by atoms with van der Waals surface area (Å²) in [5.74, 6) is 0. The average Bonchev–Trinajstić information content (AvgIpc) is 2.71. The lowest BCUT2D eigenvalue weighted by Gasteiger charge is -2.13. The van der Waals surface area contributed by atoms with Crippen LogP contribution in [0.25, 0.3) is 0 Å². The van der Waals surface area contributed by atoms with E-state index in [-0.39, 0.29) is 12.9 Å². The van der Waals surface area contributed by atoms with E-state index in [0.29, 0.717) is 43.3 Å². The molecule has 0 bridgehead atoms. The minimum Gasteiger partial charge on any atom is -0.360 e. The molecule has 10 heteroatoms. The number of anilines is 2. The van der Waals surface area contributed by atoms with Crippen LogP contribution >= 0.6 is 24.4 Å². The zero-order valence-corrected chi connectivity index (χ0v) is 18.9. The molecule has 0 saturated heterocycles. The summed E-state index contributed by atoms with van der Waals surface area (Å²) in [5, 5.41) is 13.4. The molecule has 4 N–H and O–H groups in total. The number of rotatable bonds is 14. The lowest BCUT2D eigenvalue weighted by atomic mass is 10.3. The largest absolute Gasteiger partial charge is 0.360 e. The van der Waals surface area contributed by atoms with Crippen LogP contribution in [-0.2, 0) is 18.9 Å². The van der Waals surface area contributed by atoms with Crippen molar-refractivity contribution in [1.29, 1.82) is 0 Å². The van der Waals surface area contributed by atoms with Gasteiger partial charge in [-0.2, -0.15) is 0 Å². The fraction of sp³-hybridized carbons (Fsp3) is 0.579. The van der Waals surface area contributed by atoms with Gasteiger partial charge in [0.1, 0.15) is 13.6 Å².